The molecule has 0 spiro atoms. The first-order valence-electron chi connectivity index (χ1n) is 10.1. The van der Waals surface area contributed by atoms with Crippen molar-refractivity contribution < 1.29 is 4.79 Å². The number of carbonyl (C=O) groups is 1. The molecule has 1 aromatic carbocycles. The normalized spacial score (nSPS) is 17.1. The van der Waals surface area contributed by atoms with Gasteiger partial charge in [-0.3, -0.25) is 4.79 Å². The Morgan fingerprint density at radius 2 is 2.17 bits per heavy atom. The van der Waals surface area contributed by atoms with Crippen LogP contribution in [-0.4, -0.2) is 40.1 Å². The maximum absolute atomic E-state index is 12.6. The van der Waals surface area contributed by atoms with Crippen LogP contribution in [-0.2, 0) is 4.79 Å². The first kappa shape index (κ1) is 19.7. The molecule has 6 nitrogen and oxygen atoms in total. The molecule has 3 heterocycles. The molecule has 0 radical (unpaired) electrons. The number of hydrogen-bond donors (Lipinski definition) is 1. The lowest BCUT2D eigenvalue weighted by molar-refractivity contribution is -0.125. The summed E-state index contributed by atoms with van der Waals surface area (Å²) in [5.74, 6) is 1.43. The number of piperidine rings is 1. The molecule has 3 aromatic rings. The van der Waals surface area contributed by atoms with Crippen molar-refractivity contribution in [1.82, 2.24) is 19.9 Å². The predicted molar refractivity (Wildman–Crippen MR) is 116 cm³/mol. The molecule has 1 atom stereocenters. The number of nitrogens with one attached hydrogen (secondary N) is 1. The number of fused-ring (bicyclic) bond motifs is 1. The molecule has 1 amide bonds. The standard InChI is InChI=1S/C22H26ClN5O/c1-15(2)13-25-22(29)16-6-5-10-27(14-16)21-20-12-19(26-28(20)11-9-24-21)17-7-3-4-8-18(17)23/h3-4,7-9,11-12,15-16H,5-6,10,13-14H2,1-2H3,(H,25,29)/t16-/m1/s1. The van der Waals surface area contributed by atoms with E-state index >= 15 is 0 Å². The highest BCUT2D eigenvalue weighted by Gasteiger charge is 2.27. The lowest BCUT2D eigenvalue weighted by Crippen LogP contribution is -2.44. The Morgan fingerprint density at radius 1 is 1.34 bits per heavy atom. The van der Waals surface area contributed by atoms with Crippen molar-refractivity contribution in [2.45, 2.75) is 26.7 Å². The molecule has 1 fully saturated rings. The van der Waals surface area contributed by atoms with Gasteiger partial charge >= 0.3 is 0 Å². The third kappa shape index (κ3) is 4.22. The Balaban J connectivity index is 1.60. The number of hydrogen-bond acceptors (Lipinski definition) is 4. The van der Waals surface area contributed by atoms with Crippen molar-refractivity contribution in [1.29, 1.82) is 0 Å². The van der Waals surface area contributed by atoms with E-state index in [-0.39, 0.29) is 11.8 Å². The average Bonchev–Trinajstić information content (AvgIpc) is 3.16. The number of aromatic nitrogens is 3. The van der Waals surface area contributed by atoms with E-state index in [0.29, 0.717) is 24.0 Å². The van der Waals surface area contributed by atoms with Crippen molar-refractivity contribution in [2.24, 2.45) is 11.8 Å². The predicted octanol–water partition coefficient (Wildman–Crippen LogP) is 4.04. The molecule has 4 rings (SSSR count). The van der Waals surface area contributed by atoms with E-state index in [1.54, 1.807) is 6.20 Å². The summed E-state index contributed by atoms with van der Waals surface area (Å²) in [5.41, 5.74) is 2.63. The Kier molecular flexibility index (Phi) is 5.72. The van der Waals surface area contributed by atoms with Crippen LogP contribution in [0.25, 0.3) is 16.8 Å². The first-order valence-corrected chi connectivity index (χ1v) is 10.5. The van der Waals surface area contributed by atoms with Gasteiger partial charge in [-0.05, 0) is 30.9 Å². The zero-order chi connectivity index (χ0) is 20.4. The zero-order valence-electron chi connectivity index (χ0n) is 16.8. The van der Waals surface area contributed by atoms with Crippen LogP contribution < -0.4 is 10.2 Å². The van der Waals surface area contributed by atoms with E-state index in [0.717, 1.165) is 42.0 Å². The van der Waals surface area contributed by atoms with Gasteiger partial charge in [-0.1, -0.05) is 43.6 Å². The van der Waals surface area contributed by atoms with Crippen LogP contribution in [0.3, 0.4) is 0 Å². The lowest BCUT2D eigenvalue weighted by Gasteiger charge is -2.33. The van der Waals surface area contributed by atoms with Crippen LogP contribution in [0.5, 0.6) is 0 Å². The summed E-state index contributed by atoms with van der Waals surface area (Å²) in [6.07, 6.45) is 5.48. The Bertz CT molecular complexity index is 1020. The van der Waals surface area contributed by atoms with Gasteiger partial charge in [0.25, 0.3) is 0 Å². The Labute approximate surface area is 175 Å². The molecular formula is C22H26ClN5O. The molecule has 0 unspecified atom stereocenters. The number of carbonyl (C=O) groups excluding carboxylic acids is 1. The molecule has 0 bridgehead atoms. The third-order valence-electron chi connectivity index (χ3n) is 5.30. The second kappa shape index (κ2) is 8.41. The molecule has 1 N–H and O–H groups in total. The van der Waals surface area contributed by atoms with E-state index < -0.39 is 0 Å². The fourth-order valence-corrected chi connectivity index (χ4v) is 4.02. The van der Waals surface area contributed by atoms with E-state index in [2.05, 4.69) is 34.1 Å². The van der Waals surface area contributed by atoms with E-state index in [1.165, 1.54) is 0 Å². The largest absolute Gasteiger partial charge is 0.356 e. The highest BCUT2D eigenvalue weighted by Crippen LogP contribution is 2.31. The van der Waals surface area contributed by atoms with Gasteiger partial charge in [0.1, 0.15) is 5.52 Å². The minimum absolute atomic E-state index is 0.0180. The van der Waals surface area contributed by atoms with Crippen LogP contribution in [0.15, 0.2) is 42.7 Å². The maximum atomic E-state index is 12.6. The van der Waals surface area contributed by atoms with Gasteiger partial charge in [0.05, 0.1) is 16.6 Å². The third-order valence-corrected chi connectivity index (χ3v) is 5.63. The average molecular weight is 412 g/mol. The van der Waals surface area contributed by atoms with Gasteiger partial charge < -0.3 is 10.2 Å². The van der Waals surface area contributed by atoms with Gasteiger partial charge in [0.15, 0.2) is 5.82 Å². The summed E-state index contributed by atoms with van der Waals surface area (Å²) in [5, 5.41) is 8.43. The number of rotatable bonds is 5. The zero-order valence-corrected chi connectivity index (χ0v) is 17.6. The number of benzene rings is 1. The minimum atomic E-state index is -0.0180. The molecule has 1 aliphatic rings. The van der Waals surface area contributed by atoms with Crippen LogP contribution in [0, 0.1) is 11.8 Å². The number of anilines is 1. The molecule has 1 saturated heterocycles. The fraction of sp³-hybridized carbons (Fsp3) is 0.409. The van der Waals surface area contributed by atoms with Crippen molar-refractivity contribution in [3.8, 4) is 11.3 Å². The quantitative estimate of drug-likeness (QED) is 0.688. The smallest absolute Gasteiger partial charge is 0.224 e. The molecule has 2 aromatic heterocycles. The monoisotopic (exact) mass is 411 g/mol. The van der Waals surface area contributed by atoms with E-state index in [4.69, 9.17) is 11.6 Å². The minimum Gasteiger partial charge on any atom is -0.356 e. The van der Waals surface area contributed by atoms with Crippen LogP contribution in [0.1, 0.15) is 26.7 Å². The highest BCUT2D eigenvalue weighted by atomic mass is 35.5. The Hall–Kier alpha value is -2.60. The summed E-state index contributed by atoms with van der Waals surface area (Å²) >= 11 is 6.36. The van der Waals surface area contributed by atoms with E-state index in [9.17, 15) is 4.79 Å². The van der Waals surface area contributed by atoms with Gasteiger partial charge in [-0.15, -0.1) is 0 Å². The van der Waals surface area contributed by atoms with Crippen LogP contribution in [0.4, 0.5) is 5.82 Å². The second-order valence-corrected chi connectivity index (χ2v) is 8.42. The Morgan fingerprint density at radius 3 is 2.97 bits per heavy atom. The summed E-state index contributed by atoms with van der Waals surface area (Å²) in [7, 11) is 0. The molecule has 29 heavy (non-hydrogen) atoms. The number of nitrogens with zero attached hydrogens (tertiary/aromatic N) is 4. The number of halogens is 1. The van der Waals surface area contributed by atoms with Crippen LogP contribution >= 0.6 is 11.6 Å². The van der Waals surface area contributed by atoms with Crippen molar-refractivity contribution in [3.63, 3.8) is 0 Å². The SMILES string of the molecule is CC(C)CNC(=O)[C@@H]1CCCN(c2nccn3nc(-c4ccccc4Cl)cc23)C1. The van der Waals surface area contributed by atoms with Crippen molar-refractivity contribution in [3.05, 3.63) is 47.7 Å². The summed E-state index contributed by atoms with van der Waals surface area (Å²) in [6.45, 7) is 6.48. The summed E-state index contributed by atoms with van der Waals surface area (Å²) in [4.78, 5) is 19.4. The highest BCUT2D eigenvalue weighted by molar-refractivity contribution is 6.33. The molecule has 152 valence electrons. The topological polar surface area (TPSA) is 62.5 Å². The molecule has 0 aliphatic carbocycles. The summed E-state index contributed by atoms with van der Waals surface area (Å²) in [6, 6.07) is 9.71. The molecular weight excluding hydrogens is 386 g/mol. The number of amides is 1. The molecule has 7 heteroatoms. The van der Waals surface area contributed by atoms with Crippen LogP contribution in [0.2, 0.25) is 5.02 Å². The van der Waals surface area contributed by atoms with E-state index in [1.807, 2.05) is 41.0 Å². The van der Waals surface area contributed by atoms with Gasteiger partial charge in [0.2, 0.25) is 5.91 Å². The second-order valence-electron chi connectivity index (χ2n) is 8.01. The van der Waals surface area contributed by atoms with Gasteiger partial charge in [0, 0.05) is 37.6 Å². The van der Waals surface area contributed by atoms with Crippen molar-refractivity contribution >= 4 is 28.8 Å². The van der Waals surface area contributed by atoms with Gasteiger partial charge in [-0.2, -0.15) is 5.10 Å². The van der Waals surface area contributed by atoms with Gasteiger partial charge in [-0.25, -0.2) is 9.50 Å². The maximum Gasteiger partial charge on any atom is 0.224 e. The fourth-order valence-electron chi connectivity index (χ4n) is 3.79. The summed E-state index contributed by atoms with van der Waals surface area (Å²) < 4.78 is 1.84. The lowest BCUT2D eigenvalue weighted by atomic mass is 9.97. The van der Waals surface area contributed by atoms with Crippen molar-refractivity contribution in [2.75, 3.05) is 24.5 Å². The molecule has 1 aliphatic heterocycles. The first-order chi connectivity index (χ1) is 14.0. The molecule has 0 saturated carbocycles.